The molecule has 6 rings (SSSR count). The molecule has 0 fully saturated rings. The maximum absolute atomic E-state index is 12.8. The lowest BCUT2D eigenvalue weighted by atomic mass is 10.1. The Morgan fingerprint density at radius 1 is 0.921 bits per heavy atom. The van der Waals surface area contributed by atoms with Crippen LogP contribution in [0.2, 0.25) is 0 Å². The van der Waals surface area contributed by atoms with E-state index in [0.29, 0.717) is 28.6 Å². The van der Waals surface area contributed by atoms with Gasteiger partial charge in [0.1, 0.15) is 17.6 Å². The zero-order valence-electron chi connectivity index (χ0n) is 19.8. The number of H-pyrrole nitrogens is 2. The molecular weight excluding hydrogens is 478 g/mol. The zero-order chi connectivity index (χ0) is 25.9. The van der Waals surface area contributed by atoms with Crippen LogP contribution in [-0.2, 0) is 0 Å². The summed E-state index contributed by atoms with van der Waals surface area (Å²) in [4.78, 5) is 29.0. The highest BCUT2D eigenvalue weighted by molar-refractivity contribution is 6.06. The number of hydrogen-bond acceptors (Lipinski definition) is 7. The SMILES string of the molecule is N#Cc1cnccc1NC(=O)c1cc2ccc(-c3nccc(Nc4ccc(-c5cn[nH]c5)cc4)n3)cc2[nH]1. The number of nitrogens with one attached hydrogen (secondary N) is 4. The molecule has 10 heteroatoms. The molecule has 0 unspecified atom stereocenters. The van der Waals surface area contributed by atoms with Gasteiger partial charge in [-0.05, 0) is 42.0 Å². The van der Waals surface area contributed by atoms with Crippen LogP contribution in [0.15, 0.2) is 91.6 Å². The number of carbonyl (C=O) groups is 1. The molecule has 0 aliphatic rings. The first-order valence-corrected chi connectivity index (χ1v) is 11.6. The average molecular weight is 498 g/mol. The number of pyridine rings is 1. The van der Waals surface area contributed by atoms with Crippen molar-refractivity contribution in [1.29, 1.82) is 5.26 Å². The second-order valence-electron chi connectivity index (χ2n) is 8.43. The number of amides is 1. The minimum Gasteiger partial charge on any atom is -0.350 e. The van der Waals surface area contributed by atoms with Crippen molar-refractivity contribution < 1.29 is 4.79 Å². The van der Waals surface area contributed by atoms with E-state index in [0.717, 1.165) is 33.3 Å². The number of aromatic amines is 2. The Hall–Kier alpha value is -5.82. The van der Waals surface area contributed by atoms with Gasteiger partial charge in [0, 0.05) is 52.5 Å². The van der Waals surface area contributed by atoms with Gasteiger partial charge in [0.15, 0.2) is 5.82 Å². The normalized spacial score (nSPS) is 10.7. The molecule has 0 atom stereocenters. The molecule has 0 aliphatic carbocycles. The van der Waals surface area contributed by atoms with E-state index < -0.39 is 0 Å². The molecule has 182 valence electrons. The molecule has 0 aliphatic heterocycles. The van der Waals surface area contributed by atoms with E-state index in [-0.39, 0.29) is 5.91 Å². The molecule has 4 heterocycles. The second kappa shape index (κ2) is 9.67. The summed E-state index contributed by atoms with van der Waals surface area (Å²) in [5.41, 5.74) is 5.60. The summed E-state index contributed by atoms with van der Waals surface area (Å²) in [6, 6.07) is 20.9. The summed E-state index contributed by atoms with van der Waals surface area (Å²) in [6.07, 6.45) is 8.26. The Morgan fingerprint density at radius 3 is 2.61 bits per heavy atom. The van der Waals surface area contributed by atoms with E-state index in [1.165, 1.54) is 12.4 Å². The Kier molecular flexibility index (Phi) is 5.76. The molecule has 10 nitrogen and oxygen atoms in total. The number of rotatable bonds is 6. The molecule has 4 N–H and O–H groups in total. The first-order valence-electron chi connectivity index (χ1n) is 11.6. The largest absolute Gasteiger partial charge is 0.350 e. The van der Waals surface area contributed by atoms with Crippen molar-refractivity contribution in [3.05, 3.63) is 103 Å². The van der Waals surface area contributed by atoms with Crippen molar-refractivity contribution in [2.24, 2.45) is 0 Å². The minimum atomic E-state index is -0.355. The van der Waals surface area contributed by atoms with Crippen LogP contribution in [0.4, 0.5) is 17.2 Å². The Labute approximate surface area is 216 Å². The van der Waals surface area contributed by atoms with Gasteiger partial charge in [-0.25, -0.2) is 9.97 Å². The van der Waals surface area contributed by atoms with Crippen molar-refractivity contribution in [3.8, 4) is 28.6 Å². The van der Waals surface area contributed by atoms with E-state index in [9.17, 15) is 10.1 Å². The second-order valence-corrected chi connectivity index (χ2v) is 8.43. The van der Waals surface area contributed by atoms with Crippen LogP contribution in [0, 0.1) is 11.3 Å². The fourth-order valence-electron chi connectivity index (χ4n) is 4.04. The van der Waals surface area contributed by atoms with E-state index in [2.05, 4.69) is 40.8 Å². The fourth-order valence-corrected chi connectivity index (χ4v) is 4.04. The molecule has 38 heavy (non-hydrogen) atoms. The monoisotopic (exact) mass is 497 g/mol. The topological polar surface area (TPSA) is 148 Å². The molecule has 6 aromatic rings. The maximum atomic E-state index is 12.8. The summed E-state index contributed by atoms with van der Waals surface area (Å²) >= 11 is 0. The Balaban J connectivity index is 1.21. The zero-order valence-corrected chi connectivity index (χ0v) is 19.8. The molecule has 0 saturated carbocycles. The quantitative estimate of drug-likeness (QED) is 0.245. The summed E-state index contributed by atoms with van der Waals surface area (Å²) in [5, 5.41) is 23.0. The van der Waals surface area contributed by atoms with Crippen LogP contribution in [0.3, 0.4) is 0 Å². The number of hydrogen-bond donors (Lipinski definition) is 4. The van der Waals surface area contributed by atoms with Crippen LogP contribution in [0.5, 0.6) is 0 Å². The number of fused-ring (bicyclic) bond motifs is 1. The van der Waals surface area contributed by atoms with Gasteiger partial charge < -0.3 is 15.6 Å². The lowest BCUT2D eigenvalue weighted by Gasteiger charge is -2.08. The van der Waals surface area contributed by atoms with Gasteiger partial charge in [-0.15, -0.1) is 0 Å². The van der Waals surface area contributed by atoms with Gasteiger partial charge in [0.25, 0.3) is 5.91 Å². The van der Waals surface area contributed by atoms with Crippen LogP contribution in [0.1, 0.15) is 16.1 Å². The van der Waals surface area contributed by atoms with E-state index in [4.69, 9.17) is 0 Å². The molecule has 2 aromatic carbocycles. The summed E-state index contributed by atoms with van der Waals surface area (Å²) in [6.45, 7) is 0. The standard InChI is InChI=1S/C28H19N9O/c29-13-20-14-30-9-7-23(20)36-28(38)25-11-18-1-2-19(12-24(18)35-25)27-31-10-8-26(37-27)34-22-5-3-17(4-6-22)21-15-32-33-16-21/h1-12,14-16,35H,(H,32,33)(H,30,36,38)(H,31,34,37). The third kappa shape index (κ3) is 4.55. The number of carbonyl (C=O) groups excluding carboxylic acids is 1. The number of anilines is 3. The van der Waals surface area contributed by atoms with E-state index in [1.54, 1.807) is 30.6 Å². The smallest absolute Gasteiger partial charge is 0.272 e. The third-order valence-corrected chi connectivity index (χ3v) is 5.96. The molecule has 0 saturated heterocycles. The number of nitriles is 1. The number of aromatic nitrogens is 6. The summed E-state index contributed by atoms with van der Waals surface area (Å²) in [5.74, 6) is 0.845. The van der Waals surface area contributed by atoms with Gasteiger partial charge in [-0.1, -0.05) is 24.3 Å². The summed E-state index contributed by atoms with van der Waals surface area (Å²) in [7, 11) is 0. The Morgan fingerprint density at radius 2 is 1.79 bits per heavy atom. The van der Waals surface area contributed by atoms with Crippen LogP contribution in [0.25, 0.3) is 33.4 Å². The third-order valence-electron chi connectivity index (χ3n) is 5.96. The van der Waals surface area contributed by atoms with Crippen molar-refractivity contribution in [1.82, 2.24) is 30.1 Å². The first-order chi connectivity index (χ1) is 18.7. The van der Waals surface area contributed by atoms with Crippen molar-refractivity contribution in [3.63, 3.8) is 0 Å². The predicted molar refractivity (Wildman–Crippen MR) is 144 cm³/mol. The summed E-state index contributed by atoms with van der Waals surface area (Å²) < 4.78 is 0. The van der Waals surface area contributed by atoms with Gasteiger partial charge in [0.2, 0.25) is 0 Å². The Bertz CT molecular complexity index is 1800. The lowest BCUT2D eigenvalue weighted by Crippen LogP contribution is -2.13. The highest BCUT2D eigenvalue weighted by Gasteiger charge is 2.13. The number of nitrogens with zero attached hydrogens (tertiary/aromatic N) is 5. The van der Waals surface area contributed by atoms with E-state index in [1.807, 2.05) is 54.7 Å². The highest BCUT2D eigenvalue weighted by atomic mass is 16.1. The van der Waals surface area contributed by atoms with Crippen molar-refractivity contribution in [2.45, 2.75) is 0 Å². The average Bonchev–Trinajstić information content (AvgIpc) is 3.64. The van der Waals surface area contributed by atoms with Gasteiger partial charge in [0.05, 0.1) is 17.4 Å². The molecule has 4 aromatic heterocycles. The lowest BCUT2D eigenvalue weighted by molar-refractivity contribution is 0.102. The van der Waals surface area contributed by atoms with Gasteiger partial charge >= 0.3 is 0 Å². The van der Waals surface area contributed by atoms with Crippen molar-refractivity contribution in [2.75, 3.05) is 10.6 Å². The van der Waals surface area contributed by atoms with Gasteiger partial charge in [-0.3, -0.25) is 14.9 Å². The predicted octanol–water partition coefficient (Wildman–Crippen LogP) is 5.28. The maximum Gasteiger partial charge on any atom is 0.272 e. The van der Waals surface area contributed by atoms with Crippen molar-refractivity contribution >= 4 is 34.0 Å². The molecular formula is C28H19N9O. The molecule has 1 amide bonds. The molecule has 0 bridgehead atoms. The van der Waals surface area contributed by atoms with Gasteiger partial charge in [-0.2, -0.15) is 10.4 Å². The first kappa shape index (κ1) is 22.6. The molecule has 0 spiro atoms. The number of benzene rings is 2. The van der Waals surface area contributed by atoms with E-state index >= 15 is 0 Å². The molecule has 0 radical (unpaired) electrons. The van der Waals surface area contributed by atoms with Crippen LogP contribution < -0.4 is 10.6 Å². The minimum absolute atomic E-state index is 0.291. The van der Waals surface area contributed by atoms with Crippen LogP contribution in [-0.4, -0.2) is 36.0 Å². The van der Waals surface area contributed by atoms with Crippen LogP contribution >= 0.6 is 0 Å². The highest BCUT2D eigenvalue weighted by Crippen LogP contribution is 2.26. The fraction of sp³-hybridized carbons (Fsp3) is 0.